The van der Waals surface area contributed by atoms with Gasteiger partial charge in [0, 0.05) is 0 Å². The quantitative estimate of drug-likeness (QED) is 0.688. The van der Waals surface area contributed by atoms with Crippen LogP contribution in [0.5, 0.6) is 5.75 Å². The Balaban J connectivity index is 2.94. The lowest BCUT2D eigenvalue weighted by molar-refractivity contribution is 0.419. The van der Waals surface area contributed by atoms with Crippen molar-refractivity contribution < 1.29 is 4.74 Å². The first-order chi connectivity index (χ1) is 6.72. The van der Waals surface area contributed by atoms with Gasteiger partial charge in [-0.1, -0.05) is 6.07 Å². The third-order valence-electron chi connectivity index (χ3n) is 1.93. The summed E-state index contributed by atoms with van der Waals surface area (Å²) in [5.41, 5.74) is 5.65. The first kappa shape index (κ1) is 8.55. The molecule has 1 aromatic carbocycles. The highest BCUT2D eigenvalue weighted by Crippen LogP contribution is 2.19. The molecule has 0 saturated heterocycles. The van der Waals surface area contributed by atoms with Crippen molar-refractivity contribution in [1.82, 2.24) is 9.97 Å². The van der Waals surface area contributed by atoms with Crippen LogP contribution in [-0.4, -0.2) is 17.1 Å². The molecule has 5 nitrogen and oxygen atoms in total. The Labute approximate surface area is 79.5 Å². The molecule has 5 heteroatoms. The Morgan fingerprint density at radius 2 is 2.29 bits per heavy atom. The molecule has 14 heavy (non-hydrogen) atoms. The first-order valence-electron chi connectivity index (χ1n) is 4.05. The average Bonchev–Trinajstić information content (AvgIpc) is 2.16. The Hall–Kier alpha value is -2.04. The standard InChI is InChI=1S/C9H9N3O2/c1-14-6-4-2-3-5-7(6)8(13)12-9(10)11-5/h2-4H,1H3,(H3,10,11,12,13). The molecule has 0 aliphatic carbocycles. The van der Waals surface area contributed by atoms with E-state index in [4.69, 9.17) is 10.5 Å². The molecule has 0 fully saturated rings. The highest BCUT2D eigenvalue weighted by molar-refractivity contribution is 5.84. The van der Waals surface area contributed by atoms with Crippen LogP contribution in [0.1, 0.15) is 0 Å². The van der Waals surface area contributed by atoms with Gasteiger partial charge in [0.1, 0.15) is 11.1 Å². The van der Waals surface area contributed by atoms with Crippen LogP contribution in [0.3, 0.4) is 0 Å². The number of aromatic nitrogens is 2. The van der Waals surface area contributed by atoms with Gasteiger partial charge in [-0.25, -0.2) is 4.98 Å². The van der Waals surface area contributed by atoms with Crippen molar-refractivity contribution >= 4 is 16.9 Å². The van der Waals surface area contributed by atoms with Gasteiger partial charge in [0.2, 0.25) is 5.95 Å². The number of rotatable bonds is 1. The minimum atomic E-state index is -0.287. The number of nitrogens with one attached hydrogen (secondary N) is 1. The van der Waals surface area contributed by atoms with E-state index in [1.165, 1.54) is 7.11 Å². The number of hydrogen-bond acceptors (Lipinski definition) is 4. The van der Waals surface area contributed by atoms with Gasteiger partial charge in [0.25, 0.3) is 5.56 Å². The number of ether oxygens (including phenoxy) is 1. The minimum absolute atomic E-state index is 0.107. The van der Waals surface area contributed by atoms with Gasteiger partial charge in [0.15, 0.2) is 0 Å². The second-order valence-electron chi connectivity index (χ2n) is 2.81. The smallest absolute Gasteiger partial charge is 0.263 e. The molecule has 72 valence electrons. The van der Waals surface area contributed by atoms with Crippen LogP contribution in [0, 0.1) is 0 Å². The molecule has 1 heterocycles. The Morgan fingerprint density at radius 3 is 3.00 bits per heavy atom. The molecule has 0 spiro atoms. The van der Waals surface area contributed by atoms with Crippen LogP contribution >= 0.6 is 0 Å². The zero-order valence-corrected chi connectivity index (χ0v) is 7.57. The van der Waals surface area contributed by atoms with E-state index < -0.39 is 0 Å². The number of nitrogens with two attached hydrogens (primary N) is 1. The second kappa shape index (κ2) is 3.02. The van der Waals surface area contributed by atoms with Crippen molar-refractivity contribution in [3.05, 3.63) is 28.6 Å². The fourth-order valence-electron chi connectivity index (χ4n) is 1.35. The summed E-state index contributed by atoms with van der Waals surface area (Å²) >= 11 is 0. The third-order valence-corrected chi connectivity index (χ3v) is 1.93. The minimum Gasteiger partial charge on any atom is -0.496 e. The van der Waals surface area contributed by atoms with Crippen molar-refractivity contribution in [2.24, 2.45) is 0 Å². The van der Waals surface area contributed by atoms with Crippen LogP contribution in [0.4, 0.5) is 5.95 Å². The van der Waals surface area contributed by atoms with Gasteiger partial charge in [-0.05, 0) is 12.1 Å². The number of benzene rings is 1. The van der Waals surface area contributed by atoms with Crippen LogP contribution in [0.25, 0.3) is 10.9 Å². The van der Waals surface area contributed by atoms with Gasteiger partial charge in [0.05, 0.1) is 12.6 Å². The third kappa shape index (κ3) is 1.19. The zero-order valence-electron chi connectivity index (χ0n) is 7.57. The van der Waals surface area contributed by atoms with Crippen LogP contribution in [0.2, 0.25) is 0 Å². The first-order valence-corrected chi connectivity index (χ1v) is 4.05. The van der Waals surface area contributed by atoms with Crippen molar-refractivity contribution in [2.75, 3.05) is 12.8 Å². The SMILES string of the molecule is COc1cccc2nc(N)[nH]c(=O)c12. The number of aromatic amines is 1. The lowest BCUT2D eigenvalue weighted by Crippen LogP contribution is -2.11. The summed E-state index contributed by atoms with van der Waals surface area (Å²) in [5.74, 6) is 0.604. The monoisotopic (exact) mass is 191 g/mol. The van der Waals surface area contributed by atoms with E-state index in [0.29, 0.717) is 16.7 Å². The number of fused-ring (bicyclic) bond motifs is 1. The van der Waals surface area contributed by atoms with Gasteiger partial charge in [-0.2, -0.15) is 0 Å². The fraction of sp³-hybridized carbons (Fsp3) is 0.111. The summed E-state index contributed by atoms with van der Waals surface area (Å²) in [6.45, 7) is 0. The van der Waals surface area contributed by atoms with Gasteiger partial charge >= 0.3 is 0 Å². The molecule has 2 aromatic rings. The molecular formula is C9H9N3O2. The highest BCUT2D eigenvalue weighted by Gasteiger charge is 2.06. The Bertz CT molecular complexity index is 533. The van der Waals surface area contributed by atoms with E-state index >= 15 is 0 Å². The molecule has 3 N–H and O–H groups in total. The Morgan fingerprint density at radius 1 is 1.50 bits per heavy atom. The lowest BCUT2D eigenvalue weighted by atomic mass is 10.2. The van der Waals surface area contributed by atoms with Gasteiger partial charge < -0.3 is 10.5 Å². The number of hydrogen-bond donors (Lipinski definition) is 2. The van der Waals surface area contributed by atoms with Gasteiger partial charge in [-0.3, -0.25) is 9.78 Å². The van der Waals surface area contributed by atoms with E-state index in [9.17, 15) is 4.79 Å². The lowest BCUT2D eigenvalue weighted by Gasteiger charge is -2.03. The summed E-state index contributed by atoms with van der Waals surface area (Å²) in [7, 11) is 1.50. The molecule has 0 amide bonds. The molecular weight excluding hydrogens is 182 g/mol. The van der Waals surface area contributed by atoms with Crippen molar-refractivity contribution in [2.45, 2.75) is 0 Å². The predicted octanol–water partition coefficient (Wildman–Crippen LogP) is 0.514. The molecule has 0 radical (unpaired) electrons. The molecule has 0 aliphatic rings. The van der Waals surface area contributed by atoms with Crippen LogP contribution in [-0.2, 0) is 0 Å². The van der Waals surface area contributed by atoms with E-state index in [0.717, 1.165) is 0 Å². The normalized spacial score (nSPS) is 10.4. The number of nitrogens with zero attached hydrogens (tertiary/aromatic N) is 1. The van der Waals surface area contributed by atoms with Crippen LogP contribution in [0.15, 0.2) is 23.0 Å². The molecule has 0 unspecified atom stereocenters. The summed E-state index contributed by atoms with van der Waals surface area (Å²) in [4.78, 5) is 17.9. The highest BCUT2D eigenvalue weighted by atomic mass is 16.5. The number of nitrogen functional groups attached to an aromatic ring is 1. The summed E-state index contributed by atoms with van der Waals surface area (Å²) in [5, 5.41) is 0.421. The summed E-state index contributed by atoms with van der Waals surface area (Å²) < 4.78 is 5.05. The van der Waals surface area contributed by atoms with Crippen LogP contribution < -0.4 is 16.0 Å². The maximum Gasteiger partial charge on any atom is 0.263 e. The molecule has 2 rings (SSSR count). The average molecular weight is 191 g/mol. The molecule has 0 aliphatic heterocycles. The van der Waals surface area contributed by atoms with Crippen molar-refractivity contribution in [3.63, 3.8) is 0 Å². The maximum atomic E-state index is 11.5. The second-order valence-corrected chi connectivity index (χ2v) is 2.81. The van der Waals surface area contributed by atoms with E-state index in [1.54, 1.807) is 18.2 Å². The van der Waals surface area contributed by atoms with E-state index in [2.05, 4.69) is 9.97 Å². The maximum absolute atomic E-state index is 11.5. The number of H-pyrrole nitrogens is 1. The van der Waals surface area contributed by atoms with Gasteiger partial charge in [-0.15, -0.1) is 0 Å². The number of anilines is 1. The van der Waals surface area contributed by atoms with E-state index in [1.807, 2.05) is 0 Å². The molecule has 0 atom stereocenters. The molecule has 0 bridgehead atoms. The fourth-order valence-corrected chi connectivity index (χ4v) is 1.35. The largest absolute Gasteiger partial charge is 0.496 e. The van der Waals surface area contributed by atoms with Crippen molar-refractivity contribution in [3.8, 4) is 5.75 Å². The number of methoxy groups -OCH3 is 1. The zero-order chi connectivity index (χ0) is 10.1. The summed E-state index contributed by atoms with van der Waals surface area (Å²) in [6.07, 6.45) is 0. The predicted molar refractivity (Wildman–Crippen MR) is 53.3 cm³/mol. The van der Waals surface area contributed by atoms with E-state index in [-0.39, 0.29) is 11.5 Å². The van der Waals surface area contributed by atoms with Crippen molar-refractivity contribution in [1.29, 1.82) is 0 Å². The molecule has 0 saturated carbocycles. The Kier molecular flexibility index (Phi) is 1.85. The molecule has 1 aromatic heterocycles. The summed E-state index contributed by atoms with van der Waals surface area (Å²) in [6, 6.07) is 5.17. The topological polar surface area (TPSA) is 81.0 Å².